The van der Waals surface area contributed by atoms with Crippen LogP contribution in [0.15, 0.2) is 0 Å². The Morgan fingerprint density at radius 1 is 1.33 bits per heavy atom. The Morgan fingerprint density at radius 2 is 1.75 bits per heavy atom. The Kier molecular flexibility index (Phi) is 2.54. The molecule has 2 nitrogen and oxygen atoms in total. The molecule has 1 rings (SSSR count). The fraction of sp³-hybridized carbons (Fsp3) is 0.875. The molecule has 1 aliphatic rings. The van der Waals surface area contributed by atoms with Crippen LogP contribution in [-0.4, -0.2) is 28.8 Å². The fourth-order valence-corrected chi connectivity index (χ4v) is 2.16. The van der Waals surface area contributed by atoms with Crippen molar-refractivity contribution in [3.8, 4) is 0 Å². The summed E-state index contributed by atoms with van der Waals surface area (Å²) in [6, 6.07) is 0. The van der Waals surface area contributed by atoms with Crippen LogP contribution in [0, 0.1) is 5.41 Å². The molecule has 0 saturated carbocycles. The predicted octanol–water partition coefficient (Wildman–Crippen LogP) is 1.32. The van der Waals surface area contributed by atoms with E-state index in [-0.39, 0.29) is 16.2 Å². The molecule has 1 heterocycles. The van der Waals surface area contributed by atoms with E-state index in [0.29, 0.717) is 0 Å². The molecule has 1 aliphatic heterocycles. The molecule has 12 heavy (non-hydrogen) atoms. The molecule has 4 heteroatoms. The summed E-state index contributed by atoms with van der Waals surface area (Å²) in [5, 5.41) is 0. The van der Waals surface area contributed by atoms with E-state index in [9.17, 15) is 4.79 Å². The third-order valence-corrected chi connectivity index (χ3v) is 2.63. The first-order valence-electron chi connectivity index (χ1n) is 4.09. The van der Waals surface area contributed by atoms with Gasteiger partial charge in [-0.1, -0.05) is 20.8 Å². The maximum Gasteiger partial charge on any atom is 0.228 e. The van der Waals surface area contributed by atoms with Crippen molar-refractivity contribution < 1.29 is 4.79 Å². The second kappa shape index (κ2) is 2.93. The van der Waals surface area contributed by atoms with Crippen molar-refractivity contribution in [2.24, 2.45) is 5.41 Å². The van der Waals surface area contributed by atoms with Gasteiger partial charge in [-0.25, -0.2) is 0 Å². The van der Waals surface area contributed by atoms with Crippen LogP contribution in [0.3, 0.4) is 0 Å². The molecule has 0 aromatic carbocycles. The molecule has 0 aliphatic carbocycles. The summed E-state index contributed by atoms with van der Waals surface area (Å²) in [6.07, 6.45) is 0. The van der Waals surface area contributed by atoms with E-state index in [4.69, 9.17) is 0 Å². The van der Waals surface area contributed by atoms with Crippen molar-refractivity contribution >= 4 is 24.4 Å². The summed E-state index contributed by atoms with van der Waals surface area (Å²) in [5.74, 6) is 0.253. The van der Waals surface area contributed by atoms with Gasteiger partial charge in [0.25, 0.3) is 0 Å². The van der Waals surface area contributed by atoms with Crippen LogP contribution in [0.4, 0.5) is 0 Å². The average Bonchev–Trinajstić information content (AvgIpc) is 1.78. The van der Waals surface area contributed by atoms with Crippen molar-refractivity contribution in [2.45, 2.75) is 25.7 Å². The van der Waals surface area contributed by atoms with Crippen LogP contribution in [0.1, 0.15) is 20.8 Å². The van der Waals surface area contributed by atoms with Gasteiger partial charge in [0.2, 0.25) is 5.91 Å². The Bertz CT molecular complexity index is 200. The number of rotatable bonds is 0. The van der Waals surface area contributed by atoms with E-state index in [1.807, 2.05) is 25.7 Å². The summed E-state index contributed by atoms with van der Waals surface area (Å²) < 4.78 is 0. The van der Waals surface area contributed by atoms with E-state index in [1.165, 1.54) is 0 Å². The summed E-state index contributed by atoms with van der Waals surface area (Å²) in [7, 11) is 5.52. The van der Waals surface area contributed by atoms with Gasteiger partial charge in [-0.15, -0.1) is 18.5 Å². The second-order valence-corrected chi connectivity index (χ2v) is 7.61. The number of nitrogens with zero attached hydrogens (tertiary/aromatic N) is 1. The largest absolute Gasteiger partial charge is 0.340 e. The number of carbonyl (C=O) groups excluding carboxylic acids is 1. The van der Waals surface area contributed by atoms with Gasteiger partial charge < -0.3 is 4.90 Å². The number of hydrogen-bond donors (Lipinski definition) is 0. The van der Waals surface area contributed by atoms with Gasteiger partial charge in [0.15, 0.2) is 0 Å². The fourth-order valence-electron chi connectivity index (χ4n) is 1.28. The second-order valence-electron chi connectivity index (χ2n) is 4.64. The lowest BCUT2D eigenvalue weighted by molar-refractivity contribution is -0.143. The van der Waals surface area contributed by atoms with Gasteiger partial charge in [-0.3, -0.25) is 4.79 Å². The minimum absolute atomic E-state index is 0.181. The summed E-state index contributed by atoms with van der Waals surface area (Å²) in [5.41, 5.74) is -0.230. The van der Waals surface area contributed by atoms with Crippen LogP contribution in [0.5, 0.6) is 0 Å². The highest BCUT2D eigenvalue weighted by molar-refractivity contribution is 7.40. The van der Waals surface area contributed by atoms with Crippen molar-refractivity contribution in [2.75, 3.05) is 13.1 Å². The molecule has 1 fully saturated rings. The van der Waals surface area contributed by atoms with Crippen LogP contribution < -0.4 is 0 Å². The topological polar surface area (TPSA) is 20.3 Å². The molecule has 70 valence electrons. The monoisotopic (exact) mass is 205 g/mol. The highest BCUT2D eigenvalue weighted by Gasteiger charge is 2.41. The molecule has 0 N–H and O–H groups in total. The molecular weight excluding hydrogens is 188 g/mol. The van der Waals surface area contributed by atoms with Crippen LogP contribution >= 0.6 is 18.5 Å². The SMILES string of the molecule is CC(C)(C)C(=O)N1CC(P)(P)C1. The van der Waals surface area contributed by atoms with Crippen molar-refractivity contribution in [1.29, 1.82) is 0 Å². The van der Waals surface area contributed by atoms with Gasteiger partial charge in [-0.05, 0) is 0 Å². The molecule has 0 spiro atoms. The summed E-state index contributed by atoms with van der Waals surface area (Å²) in [4.78, 5) is 13.7. The molecule has 2 unspecified atom stereocenters. The number of carbonyl (C=O) groups is 1. The van der Waals surface area contributed by atoms with Gasteiger partial charge >= 0.3 is 0 Å². The Balaban J connectivity index is 2.50. The Labute approximate surface area is 78.9 Å². The molecule has 0 aromatic rings. The maximum absolute atomic E-state index is 11.6. The maximum atomic E-state index is 11.6. The predicted molar refractivity (Wildman–Crippen MR) is 58.2 cm³/mol. The van der Waals surface area contributed by atoms with Crippen molar-refractivity contribution in [3.63, 3.8) is 0 Å². The first-order chi connectivity index (χ1) is 5.22. The zero-order chi connectivity index (χ0) is 9.57. The molecule has 0 bridgehead atoms. The van der Waals surface area contributed by atoms with Crippen molar-refractivity contribution in [1.82, 2.24) is 4.90 Å². The lowest BCUT2D eigenvalue weighted by atomic mass is 9.93. The first kappa shape index (κ1) is 10.4. The molecule has 2 atom stereocenters. The zero-order valence-corrected chi connectivity index (χ0v) is 10.2. The smallest absolute Gasteiger partial charge is 0.228 e. The molecular formula is C8H17NOP2. The number of amides is 1. The summed E-state index contributed by atoms with van der Waals surface area (Å²) in [6.45, 7) is 7.57. The average molecular weight is 205 g/mol. The number of hydrogen-bond acceptors (Lipinski definition) is 1. The third-order valence-electron chi connectivity index (χ3n) is 1.90. The quantitative estimate of drug-likeness (QED) is 0.546. The highest BCUT2D eigenvalue weighted by atomic mass is 31.1. The van der Waals surface area contributed by atoms with E-state index in [2.05, 4.69) is 18.5 Å². The minimum Gasteiger partial charge on any atom is -0.340 e. The van der Waals surface area contributed by atoms with Gasteiger partial charge in [0.1, 0.15) is 0 Å². The summed E-state index contributed by atoms with van der Waals surface area (Å²) >= 11 is 0. The molecule has 1 saturated heterocycles. The van der Waals surface area contributed by atoms with Crippen LogP contribution in [0.25, 0.3) is 0 Å². The van der Waals surface area contributed by atoms with Gasteiger partial charge in [0.05, 0.1) is 0 Å². The zero-order valence-electron chi connectivity index (χ0n) is 7.92. The highest BCUT2D eigenvalue weighted by Crippen LogP contribution is 2.38. The first-order valence-corrected chi connectivity index (χ1v) is 5.25. The van der Waals surface area contributed by atoms with Crippen molar-refractivity contribution in [3.05, 3.63) is 0 Å². The van der Waals surface area contributed by atoms with E-state index >= 15 is 0 Å². The minimum atomic E-state index is -0.230. The Hall–Kier alpha value is 0.330. The number of likely N-dealkylation sites (tertiary alicyclic amines) is 1. The molecule has 0 radical (unpaired) electrons. The molecule has 1 amide bonds. The lowest BCUT2D eigenvalue weighted by Gasteiger charge is -2.47. The van der Waals surface area contributed by atoms with E-state index in [1.54, 1.807) is 0 Å². The molecule has 0 aromatic heterocycles. The normalized spacial score (nSPS) is 21.9. The van der Waals surface area contributed by atoms with Gasteiger partial charge in [-0.2, -0.15) is 0 Å². The van der Waals surface area contributed by atoms with Gasteiger partial charge in [0, 0.05) is 23.4 Å². The van der Waals surface area contributed by atoms with E-state index < -0.39 is 0 Å². The third kappa shape index (κ3) is 2.18. The lowest BCUT2D eigenvalue weighted by Crippen LogP contribution is -2.59. The standard InChI is InChI=1S/C8H17NOP2/c1-7(2,3)6(10)9-4-8(11,12)5-9/h4-5,11-12H2,1-3H3. The van der Waals surface area contributed by atoms with Crippen LogP contribution in [0.2, 0.25) is 0 Å². The van der Waals surface area contributed by atoms with E-state index in [0.717, 1.165) is 13.1 Å². The Morgan fingerprint density at radius 3 is 2.00 bits per heavy atom. The van der Waals surface area contributed by atoms with Crippen LogP contribution in [-0.2, 0) is 4.79 Å².